The molecule has 1 aliphatic carbocycles. The molecule has 29 heavy (non-hydrogen) atoms. The molecule has 1 N–H and O–H groups in total. The van der Waals surface area contributed by atoms with Crippen LogP contribution in [0.3, 0.4) is 0 Å². The Bertz CT molecular complexity index is 782. The molecule has 1 atom stereocenters. The lowest BCUT2D eigenvalue weighted by Crippen LogP contribution is -2.43. The number of rotatable bonds is 9. The SMILES string of the molecule is COC(=O)[C@H](Cc1ccc(OCc2ccccc2)cc1)NC(=O)CC1CCCC1. The van der Waals surface area contributed by atoms with Gasteiger partial charge in [-0.15, -0.1) is 0 Å². The summed E-state index contributed by atoms with van der Waals surface area (Å²) < 4.78 is 10.7. The van der Waals surface area contributed by atoms with Crippen molar-refractivity contribution in [2.45, 2.75) is 51.2 Å². The fourth-order valence-corrected chi connectivity index (χ4v) is 3.76. The van der Waals surface area contributed by atoms with Crippen LogP contribution in [0.15, 0.2) is 54.6 Å². The van der Waals surface area contributed by atoms with Crippen LogP contribution in [0.1, 0.15) is 43.2 Å². The van der Waals surface area contributed by atoms with Gasteiger partial charge in [-0.1, -0.05) is 55.3 Å². The molecule has 2 aromatic rings. The van der Waals surface area contributed by atoms with Gasteiger partial charge in [-0.05, 0) is 42.0 Å². The summed E-state index contributed by atoms with van der Waals surface area (Å²) in [7, 11) is 1.35. The number of carbonyl (C=O) groups is 2. The normalized spacial score (nSPS) is 14.9. The van der Waals surface area contributed by atoms with Gasteiger partial charge < -0.3 is 14.8 Å². The van der Waals surface area contributed by atoms with Gasteiger partial charge in [0.2, 0.25) is 5.91 Å². The summed E-state index contributed by atoms with van der Waals surface area (Å²) in [5.74, 6) is 0.705. The van der Waals surface area contributed by atoms with Crippen molar-refractivity contribution in [2.24, 2.45) is 5.92 Å². The summed E-state index contributed by atoms with van der Waals surface area (Å²) in [6.07, 6.45) is 5.46. The number of esters is 1. The molecule has 5 heteroatoms. The van der Waals surface area contributed by atoms with Gasteiger partial charge in [0.1, 0.15) is 18.4 Å². The van der Waals surface area contributed by atoms with E-state index in [9.17, 15) is 9.59 Å². The van der Waals surface area contributed by atoms with Crippen LogP contribution in [0, 0.1) is 5.92 Å². The second-order valence-electron chi connectivity index (χ2n) is 7.62. The van der Waals surface area contributed by atoms with E-state index in [4.69, 9.17) is 9.47 Å². The van der Waals surface area contributed by atoms with Crippen LogP contribution in [0.4, 0.5) is 0 Å². The molecule has 0 aromatic heterocycles. The first-order valence-electron chi connectivity index (χ1n) is 10.3. The summed E-state index contributed by atoms with van der Waals surface area (Å²) in [5, 5.41) is 2.86. The van der Waals surface area contributed by atoms with Crippen molar-refractivity contribution < 1.29 is 19.1 Å². The van der Waals surface area contributed by atoms with Gasteiger partial charge in [0, 0.05) is 12.8 Å². The predicted molar refractivity (Wildman–Crippen MR) is 111 cm³/mol. The number of nitrogens with one attached hydrogen (secondary N) is 1. The molecule has 0 spiro atoms. The fourth-order valence-electron chi connectivity index (χ4n) is 3.76. The Morgan fingerprint density at radius 3 is 2.34 bits per heavy atom. The maximum atomic E-state index is 12.4. The average Bonchev–Trinajstić information content (AvgIpc) is 3.25. The zero-order valence-electron chi connectivity index (χ0n) is 16.9. The molecule has 2 aromatic carbocycles. The number of carbonyl (C=O) groups excluding carboxylic acids is 2. The topological polar surface area (TPSA) is 64.6 Å². The lowest BCUT2D eigenvalue weighted by molar-refractivity contribution is -0.145. The predicted octanol–water partition coefficient (Wildman–Crippen LogP) is 4.05. The molecule has 0 saturated heterocycles. The highest BCUT2D eigenvalue weighted by Crippen LogP contribution is 2.27. The smallest absolute Gasteiger partial charge is 0.328 e. The maximum Gasteiger partial charge on any atom is 0.328 e. The third kappa shape index (κ3) is 6.63. The Kier molecular flexibility index (Phi) is 7.68. The van der Waals surface area contributed by atoms with Gasteiger partial charge in [-0.25, -0.2) is 4.79 Å². The van der Waals surface area contributed by atoms with Crippen LogP contribution in [0.2, 0.25) is 0 Å². The molecular weight excluding hydrogens is 366 g/mol. The van der Waals surface area contributed by atoms with Gasteiger partial charge in [-0.3, -0.25) is 4.79 Å². The molecule has 0 bridgehead atoms. The van der Waals surface area contributed by atoms with Crippen molar-refractivity contribution in [3.8, 4) is 5.75 Å². The van der Waals surface area contributed by atoms with Gasteiger partial charge >= 0.3 is 5.97 Å². The lowest BCUT2D eigenvalue weighted by Gasteiger charge is -2.18. The average molecular weight is 395 g/mol. The standard InChI is InChI=1S/C24H29NO4/c1-28-24(27)22(25-23(26)16-18-7-5-6-8-18)15-19-11-13-21(14-12-19)29-17-20-9-3-2-4-10-20/h2-4,9-14,18,22H,5-8,15-17H2,1H3,(H,25,26)/t22-/m0/s1. The number of hydrogen-bond acceptors (Lipinski definition) is 4. The second-order valence-corrected chi connectivity index (χ2v) is 7.62. The van der Waals surface area contributed by atoms with E-state index in [2.05, 4.69) is 5.32 Å². The van der Waals surface area contributed by atoms with Gasteiger partial charge in [-0.2, -0.15) is 0 Å². The Balaban J connectivity index is 1.54. The van der Waals surface area contributed by atoms with Crippen LogP contribution in [0.5, 0.6) is 5.75 Å². The van der Waals surface area contributed by atoms with Gasteiger partial charge in [0.05, 0.1) is 7.11 Å². The Morgan fingerprint density at radius 2 is 1.69 bits per heavy atom. The first kappa shape index (κ1) is 20.9. The van der Waals surface area contributed by atoms with Crippen molar-refractivity contribution in [3.63, 3.8) is 0 Å². The monoisotopic (exact) mass is 395 g/mol. The zero-order chi connectivity index (χ0) is 20.5. The summed E-state index contributed by atoms with van der Waals surface area (Å²) in [4.78, 5) is 24.5. The molecule has 5 nitrogen and oxygen atoms in total. The highest BCUT2D eigenvalue weighted by molar-refractivity contribution is 5.84. The van der Waals surface area contributed by atoms with E-state index in [0.717, 1.165) is 29.7 Å². The van der Waals surface area contributed by atoms with Crippen molar-refractivity contribution in [3.05, 3.63) is 65.7 Å². The highest BCUT2D eigenvalue weighted by Gasteiger charge is 2.24. The van der Waals surface area contributed by atoms with Gasteiger partial charge in [0.25, 0.3) is 0 Å². The molecule has 0 unspecified atom stereocenters. The fraction of sp³-hybridized carbons (Fsp3) is 0.417. The molecule has 0 heterocycles. The number of ether oxygens (including phenoxy) is 2. The zero-order valence-corrected chi connectivity index (χ0v) is 16.9. The molecule has 3 rings (SSSR count). The lowest BCUT2D eigenvalue weighted by atomic mass is 10.0. The Labute approximate surface area is 172 Å². The Morgan fingerprint density at radius 1 is 1.00 bits per heavy atom. The van der Waals surface area contributed by atoms with Crippen molar-refractivity contribution in [2.75, 3.05) is 7.11 Å². The summed E-state index contributed by atoms with van der Waals surface area (Å²) in [6.45, 7) is 0.502. The minimum absolute atomic E-state index is 0.0740. The van der Waals surface area contributed by atoms with E-state index < -0.39 is 12.0 Å². The second kappa shape index (κ2) is 10.6. The van der Waals surface area contributed by atoms with E-state index in [1.807, 2.05) is 54.6 Å². The minimum atomic E-state index is -0.676. The van der Waals surface area contributed by atoms with E-state index in [1.54, 1.807) is 0 Å². The third-order valence-electron chi connectivity index (χ3n) is 5.38. The first-order valence-corrected chi connectivity index (χ1v) is 10.3. The van der Waals surface area contributed by atoms with E-state index in [1.165, 1.54) is 20.0 Å². The molecule has 1 amide bonds. The first-order chi connectivity index (χ1) is 14.1. The van der Waals surface area contributed by atoms with Crippen molar-refractivity contribution in [1.82, 2.24) is 5.32 Å². The molecule has 0 radical (unpaired) electrons. The molecular formula is C24H29NO4. The van der Waals surface area contributed by atoms with E-state index in [-0.39, 0.29) is 5.91 Å². The largest absolute Gasteiger partial charge is 0.489 e. The molecule has 1 aliphatic rings. The van der Waals surface area contributed by atoms with Gasteiger partial charge in [0.15, 0.2) is 0 Å². The molecule has 1 fully saturated rings. The Hall–Kier alpha value is -2.82. The molecule has 154 valence electrons. The molecule has 1 saturated carbocycles. The number of benzene rings is 2. The van der Waals surface area contributed by atoms with Crippen LogP contribution >= 0.6 is 0 Å². The highest BCUT2D eigenvalue weighted by atomic mass is 16.5. The van der Waals surface area contributed by atoms with Crippen molar-refractivity contribution in [1.29, 1.82) is 0 Å². The van der Waals surface area contributed by atoms with E-state index in [0.29, 0.717) is 25.4 Å². The number of methoxy groups -OCH3 is 1. The number of hydrogen-bond donors (Lipinski definition) is 1. The van der Waals surface area contributed by atoms with Crippen LogP contribution in [0.25, 0.3) is 0 Å². The minimum Gasteiger partial charge on any atom is -0.489 e. The maximum absolute atomic E-state index is 12.4. The summed E-state index contributed by atoms with van der Waals surface area (Å²) >= 11 is 0. The molecule has 0 aliphatic heterocycles. The van der Waals surface area contributed by atoms with Crippen molar-refractivity contribution >= 4 is 11.9 Å². The summed E-state index contributed by atoms with van der Waals surface area (Å²) in [5.41, 5.74) is 2.04. The number of amides is 1. The quantitative estimate of drug-likeness (QED) is 0.651. The van der Waals surface area contributed by atoms with Crippen LogP contribution < -0.4 is 10.1 Å². The van der Waals surface area contributed by atoms with Crippen LogP contribution in [-0.4, -0.2) is 25.0 Å². The third-order valence-corrected chi connectivity index (χ3v) is 5.38. The van der Waals surface area contributed by atoms with E-state index >= 15 is 0 Å². The van der Waals surface area contributed by atoms with Crippen LogP contribution in [-0.2, 0) is 27.4 Å². The summed E-state index contributed by atoms with van der Waals surface area (Å²) in [6, 6.07) is 16.9.